The average Bonchev–Trinajstić information content (AvgIpc) is 2.58. The van der Waals surface area contributed by atoms with Crippen LogP contribution in [0.4, 0.5) is 0 Å². The van der Waals surface area contributed by atoms with Crippen LogP contribution in [0.25, 0.3) is 5.76 Å². The highest BCUT2D eigenvalue weighted by molar-refractivity contribution is 5.64. The third kappa shape index (κ3) is 1.47. The highest BCUT2D eigenvalue weighted by Crippen LogP contribution is 2.25. The number of allylic oxidation sites excluding steroid dienone is 1. The predicted molar refractivity (Wildman–Crippen MR) is 52.1 cm³/mol. The normalized spacial score (nSPS) is 13.4. The van der Waals surface area contributed by atoms with E-state index in [1.165, 1.54) is 5.56 Å². The minimum absolute atomic E-state index is 0.543. The van der Waals surface area contributed by atoms with Crippen molar-refractivity contribution in [1.29, 1.82) is 0 Å². The molecule has 1 aromatic heterocycles. The first-order valence-electron chi connectivity index (χ1n) is 4.30. The van der Waals surface area contributed by atoms with E-state index in [1.807, 2.05) is 6.07 Å². The fraction of sp³-hybridized carbons (Fsp3) is 0.182. The first kappa shape index (κ1) is 8.05. The Morgan fingerprint density at radius 2 is 2.54 bits per heavy atom. The van der Waals surface area contributed by atoms with Crippen LogP contribution < -0.4 is 0 Å². The van der Waals surface area contributed by atoms with Gasteiger partial charge in [-0.3, -0.25) is 4.98 Å². The van der Waals surface area contributed by atoms with Gasteiger partial charge in [0.15, 0.2) is 0 Å². The largest absolute Gasteiger partial charge is 0.488 e. The Balaban J connectivity index is 2.20. The SMILES string of the molecule is C=CCOC1=CCc2cccnc21. The minimum Gasteiger partial charge on any atom is -0.488 e. The summed E-state index contributed by atoms with van der Waals surface area (Å²) in [5.41, 5.74) is 2.21. The third-order valence-corrected chi connectivity index (χ3v) is 1.99. The second-order valence-corrected chi connectivity index (χ2v) is 2.88. The zero-order valence-corrected chi connectivity index (χ0v) is 7.36. The van der Waals surface area contributed by atoms with Gasteiger partial charge in [-0.15, -0.1) is 0 Å². The van der Waals surface area contributed by atoms with E-state index >= 15 is 0 Å². The van der Waals surface area contributed by atoms with Crippen molar-refractivity contribution in [3.8, 4) is 0 Å². The molecule has 1 aliphatic rings. The monoisotopic (exact) mass is 173 g/mol. The molecule has 2 rings (SSSR count). The molecule has 13 heavy (non-hydrogen) atoms. The van der Waals surface area contributed by atoms with Gasteiger partial charge < -0.3 is 4.74 Å². The fourth-order valence-corrected chi connectivity index (χ4v) is 1.40. The van der Waals surface area contributed by atoms with E-state index in [0.29, 0.717) is 6.61 Å². The van der Waals surface area contributed by atoms with Gasteiger partial charge in [-0.25, -0.2) is 0 Å². The summed E-state index contributed by atoms with van der Waals surface area (Å²) in [6, 6.07) is 4.02. The number of nitrogens with zero attached hydrogens (tertiary/aromatic N) is 1. The van der Waals surface area contributed by atoms with Crippen LogP contribution in [0.5, 0.6) is 0 Å². The molecule has 0 unspecified atom stereocenters. The molecule has 1 heterocycles. The average molecular weight is 173 g/mol. The summed E-state index contributed by atoms with van der Waals surface area (Å²) in [6.45, 7) is 4.15. The van der Waals surface area contributed by atoms with Crippen molar-refractivity contribution in [3.05, 3.63) is 48.3 Å². The van der Waals surface area contributed by atoms with E-state index < -0.39 is 0 Å². The molecule has 0 spiro atoms. The van der Waals surface area contributed by atoms with Crippen molar-refractivity contribution in [1.82, 2.24) is 4.98 Å². The first-order valence-corrected chi connectivity index (χ1v) is 4.30. The summed E-state index contributed by atoms with van der Waals surface area (Å²) in [6.07, 6.45) is 6.51. The van der Waals surface area contributed by atoms with Gasteiger partial charge in [0, 0.05) is 6.20 Å². The number of pyridine rings is 1. The summed E-state index contributed by atoms with van der Waals surface area (Å²) in [4.78, 5) is 4.27. The Labute approximate surface area is 77.6 Å². The molecule has 0 amide bonds. The molecule has 0 radical (unpaired) electrons. The number of rotatable bonds is 3. The zero-order valence-electron chi connectivity index (χ0n) is 7.36. The van der Waals surface area contributed by atoms with E-state index in [2.05, 4.69) is 23.7 Å². The molecule has 0 aromatic carbocycles. The lowest BCUT2D eigenvalue weighted by atomic mass is 10.2. The van der Waals surface area contributed by atoms with Crippen LogP contribution in [0.3, 0.4) is 0 Å². The van der Waals surface area contributed by atoms with Gasteiger partial charge in [0.2, 0.25) is 0 Å². The van der Waals surface area contributed by atoms with Gasteiger partial charge in [-0.1, -0.05) is 18.7 Å². The lowest BCUT2D eigenvalue weighted by molar-refractivity contribution is 0.319. The molecule has 2 nitrogen and oxygen atoms in total. The summed E-state index contributed by atoms with van der Waals surface area (Å²) in [5, 5.41) is 0. The molecule has 0 bridgehead atoms. The highest BCUT2D eigenvalue weighted by Gasteiger charge is 2.15. The Kier molecular flexibility index (Phi) is 2.13. The van der Waals surface area contributed by atoms with Gasteiger partial charge in [-0.05, 0) is 24.1 Å². The number of aromatic nitrogens is 1. The molecule has 66 valence electrons. The lowest BCUT2D eigenvalue weighted by Gasteiger charge is -2.04. The number of hydrogen-bond acceptors (Lipinski definition) is 2. The molecule has 1 aliphatic carbocycles. The van der Waals surface area contributed by atoms with Crippen LogP contribution in [-0.2, 0) is 11.2 Å². The van der Waals surface area contributed by atoms with Crippen molar-refractivity contribution < 1.29 is 4.74 Å². The van der Waals surface area contributed by atoms with Gasteiger partial charge in [-0.2, -0.15) is 0 Å². The fourth-order valence-electron chi connectivity index (χ4n) is 1.40. The van der Waals surface area contributed by atoms with Crippen LogP contribution >= 0.6 is 0 Å². The summed E-state index contributed by atoms with van der Waals surface area (Å²) >= 11 is 0. The van der Waals surface area contributed by atoms with Crippen molar-refractivity contribution in [2.24, 2.45) is 0 Å². The Morgan fingerprint density at radius 1 is 1.62 bits per heavy atom. The molecular weight excluding hydrogens is 162 g/mol. The van der Waals surface area contributed by atoms with Gasteiger partial charge in [0.05, 0.1) is 0 Å². The maximum Gasteiger partial charge on any atom is 0.142 e. The van der Waals surface area contributed by atoms with Crippen molar-refractivity contribution in [2.45, 2.75) is 6.42 Å². The third-order valence-electron chi connectivity index (χ3n) is 1.99. The van der Waals surface area contributed by atoms with Crippen molar-refractivity contribution in [2.75, 3.05) is 6.61 Å². The number of fused-ring (bicyclic) bond motifs is 1. The first-order chi connectivity index (χ1) is 6.42. The van der Waals surface area contributed by atoms with E-state index in [1.54, 1.807) is 12.3 Å². The molecule has 1 aromatic rings. The van der Waals surface area contributed by atoms with E-state index in [9.17, 15) is 0 Å². The predicted octanol–water partition coefficient (Wildman–Crippen LogP) is 2.18. The van der Waals surface area contributed by atoms with Crippen LogP contribution in [0.2, 0.25) is 0 Å². The second kappa shape index (κ2) is 3.44. The summed E-state index contributed by atoms with van der Waals surface area (Å²) in [5.74, 6) is 0.885. The second-order valence-electron chi connectivity index (χ2n) is 2.88. The number of ether oxygens (including phenoxy) is 1. The summed E-state index contributed by atoms with van der Waals surface area (Å²) < 4.78 is 5.46. The Bertz CT molecular complexity index is 355. The Morgan fingerprint density at radius 3 is 3.38 bits per heavy atom. The maximum absolute atomic E-state index is 5.46. The Hall–Kier alpha value is -1.57. The van der Waals surface area contributed by atoms with Gasteiger partial charge in [0.1, 0.15) is 18.1 Å². The van der Waals surface area contributed by atoms with Gasteiger partial charge >= 0.3 is 0 Å². The van der Waals surface area contributed by atoms with Crippen LogP contribution in [-0.4, -0.2) is 11.6 Å². The van der Waals surface area contributed by atoms with Crippen molar-refractivity contribution in [3.63, 3.8) is 0 Å². The number of hydrogen-bond donors (Lipinski definition) is 0. The maximum atomic E-state index is 5.46. The van der Waals surface area contributed by atoms with E-state index in [-0.39, 0.29) is 0 Å². The molecule has 0 N–H and O–H groups in total. The van der Waals surface area contributed by atoms with Crippen LogP contribution in [0.1, 0.15) is 11.3 Å². The minimum atomic E-state index is 0.543. The lowest BCUT2D eigenvalue weighted by Crippen LogP contribution is -1.93. The molecular formula is C11H11NO. The quantitative estimate of drug-likeness (QED) is 0.653. The van der Waals surface area contributed by atoms with Crippen molar-refractivity contribution >= 4 is 5.76 Å². The molecule has 0 fully saturated rings. The standard InChI is InChI=1S/C11H11NO/c1-2-8-13-10-6-5-9-4-3-7-12-11(9)10/h2-4,6-7H,1,5,8H2. The molecule has 0 saturated carbocycles. The summed E-state index contributed by atoms with van der Waals surface area (Å²) in [7, 11) is 0. The van der Waals surface area contributed by atoms with Gasteiger partial charge in [0.25, 0.3) is 0 Å². The topological polar surface area (TPSA) is 22.1 Å². The zero-order chi connectivity index (χ0) is 9.10. The smallest absolute Gasteiger partial charge is 0.142 e. The van der Waals surface area contributed by atoms with E-state index in [0.717, 1.165) is 17.9 Å². The molecule has 2 heteroatoms. The molecule has 0 saturated heterocycles. The molecule has 0 aliphatic heterocycles. The molecule has 0 atom stereocenters. The highest BCUT2D eigenvalue weighted by atomic mass is 16.5. The van der Waals surface area contributed by atoms with Crippen LogP contribution in [0, 0.1) is 0 Å². The van der Waals surface area contributed by atoms with E-state index in [4.69, 9.17) is 4.74 Å². The van der Waals surface area contributed by atoms with Crippen LogP contribution in [0.15, 0.2) is 37.1 Å².